The summed E-state index contributed by atoms with van der Waals surface area (Å²) >= 11 is 0. The first-order chi connectivity index (χ1) is 11.1. The molecule has 1 amide bonds. The lowest BCUT2D eigenvalue weighted by Crippen LogP contribution is -2.39. The van der Waals surface area contributed by atoms with Crippen LogP contribution in [0.3, 0.4) is 0 Å². The summed E-state index contributed by atoms with van der Waals surface area (Å²) in [6.07, 6.45) is 5.96. The molecule has 1 fully saturated rings. The van der Waals surface area contributed by atoms with E-state index in [1.807, 2.05) is 37.6 Å². The van der Waals surface area contributed by atoms with Crippen LogP contribution in [0.2, 0.25) is 0 Å². The maximum absolute atomic E-state index is 11.3. The monoisotopic (exact) mass is 314 g/mol. The largest absolute Gasteiger partial charge is 0.372 e. The summed E-state index contributed by atoms with van der Waals surface area (Å²) in [6, 6.07) is 7.63. The summed E-state index contributed by atoms with van der Waals surface area (Å²) in [7, 11) is 1.91. The van der Waals surface area contributed by atoms with E-state index in [2.05, 4.69) is 10.4 Å². The first kappa shape index (κ1) is 15.7. The minimum atomic E-state index is -0.402. The lowest BCUT2D eigenvalue weighted by atomic mass is 9.97. The van der Waals surface area contributed by atoms with Crippen LogP contribution in [-0.2, 0) is 18.3 Å². The second-order valence-corrected chi connectivity index (χ2v) is 5.93. The van der Waals surface area contributed by atoms with Crippen LogP contribution in [0, 0.1) is 0 Å². The van der Waals surface area contributed by atoms with Crippen LogP contribution in [0.4, 0.5) is 0 Å². The number of benzene rings is 1. The van der Waals surface area contributed by atoms with Crippen molar-refractivity contribution >= 4 is 5.91 Å². The first-order valence-electron chi connectivity index (χ1n) is 7.86. The van der Waals surface area contributed by atoms with Crippen molar-refractivity contribution in [3.63, 3.8) is 0 Å². The highest BCUT2D eigenvalue weighted by Gasteiger charge is 2.28. The van der Waals surface area contributed by atoms with Crippen molar-refractivity contribution in [1.29, 1.82) is 0 Å². The standard InChI is InChI=1S/C17H22N4O2/c1-21-11-14(10-20-21)16-15(6-3-7-23-16)19-9-12-4-2-5-13(8-12)17(18)22/h2,4-5,8,10-11,15-16,19H,3,6-7,9H2,1H3,(H2,18,22)/t15-,16+/m0/s1. The fraction of sp³-hybridized carbons (Fsp3) is 0.412. The van der Waals surface area contributed by atoms with Gasteiger partial charge in [-0.25, -0.2) is 0 Å². The molecule has 1 saturated heterocycles. The second kappa shape index (κ2) is 6.93. The Kier molecular flexibility index (Phi) is 4.73. The van der Waals surface area contributed by atoms with Crippen molar-refractivity contribution < 1.29 is 9.53 Å². The van der Waals surface area contributed by atoms with Crippen molar-refractivity contribution in [2.45, 2.75) is 31.5 Å². The number of ether oxygens (including phenoxy) is 1. The normalized spacial score (nSPS) is 21.3. The quantitative estimate of drug-likeness (QED) is 0.877. The minimum Gasteiger partial charge on any atom is -0.372 e. The number of hydrogen-bond donors (Lipinski definition) is 2. The molecule has 2 aromatic rings. The van der Waals surface area contributed by atoms with E-state index in [1.165, 1.54) is 0 Å². The van der Waals surface area contributed by atoms with Crippen LogP contribution in [0.5, 0.6) is 0 Å². The average molecular weight is 314 g/mol. The number of aryl methyl sites for hydroxylation is 1. The minimum absolute atomic E-state index is 0.0109. The average Bonchev–Trinajstić information content (AvgIpc) is 3.00. The van der Waals surface area contributed by atoms with Gasteiger partial charge in [0.25, 0.3) is 0 Å². The Morgan fingerprint density at radius 3 is 3.13 bits per heavy atom. The van der Waals surface area contributed by atoms with Crippen LogP contribution in [0.25, 0.3) is 0 Å². The number of aromatic nitrogens is 2. The van der Waals surface area contributed by atoms with Crippen LogP contribution in [0.1, 0.15) is 40.4 Å². The predicted molar refractivity (Wildman–Crippen MR) is 86.7 cm³/mol. The van der Waals surface area contributed by atoms with E-state index in [0.29, 0.717) is 12.1 Å². The molecule has 1 aromatic heterocycles. The van der Waals surface area contributed by atoms with E-state index < -0.39 is 5.91 Å². The fourth-order valence-corrected chi connectivity index (χ4v) is 2.99. The van der Waals surface area contributed by atoms with Crippen molar-refractivity contribution in [2.24, 2.45) is 12.8 Å². The number of primary amides is 1. The molecule has 122 valence electrons. The molecule has 6 nitrogen and oxygen atoms in total. The van der Waals surface area contributed by atoms with Gasteiger partial charge in [0.1, 0.15) is 6.10 Å². The number of carbonyl (C=O) groups is 1. The number of nitrogens with two attached hydrogens (primary N) is 1. The van der Waals surface area contributed by atoms with Gasteiger partial charge in [-0.05, 0) is 30.5 Å². The smallest absolute Gasteiger partial charge is 0.248 e. The van der Waals surface area contributed by atoms with Crippen molar-refractivity contribution in [3.8, 4) is 0 Å². The number of nitrogens with zero attached hydrogens (tertiary/aromatic N) is 2. The third-order valence-corrected chi connectivity index (χ3v) is 4.16. The van der Waals surface area contributed by atoms with Gasteiger partial charge in [0, 0.05) is 43.6 Å². The molecule has 0 unspecified atom stereocenters. The van der Waals surface area contributed by atoms with E-state index in [1.54, 1.807) is 10.7 Å². The lowest BCUT2D eigenvalue weighted by Gasteiger charge is -2.32. The Morgan fingerprint density at radius 2 is 2.39 bits per heavy atom. The van der Waals surface area contributed by atoms with Gasteiger partial charge in [-0.15, -0.1) is 0 Å². The summed E-state index contributed by atoms with van der Waals surface area (Å²) < 4.78 is 7.74. The number of nitrogens with one attached hydrogen (secondary N) is 1. The number of hydrogen-bond acceptors (Lipinski definition) is 4. The zero-order chi connectivity index (χ0) is 16.2. The third-order valence-electron chi connectivity index (χ3n) is 4.16. The van der Waals surface area contributed by atoms with Crippen LogP contribution in [-0.4, -0.2) is 28.3 Å². The SMILES string of the molecule is Cn1cc([C@H]2OCCC[C@@H]2NCc2cccc(C(N)=O)c2)cn1. The Balaban J connectivity index is 1.68. The molecule has 0 saturated carbocycles. The molecule has 0 spiro atoms. The van der Waals surface area contributed by atoms with Crippen molar-refractivity contribution in [2.75, 3.05) is 6.61 Å². The molecule has 1 aliphatic rings. The molecule has 0 radical (unpaired) electrons. The molecular weight excluding hydrogens is 292 g/mol. The maximum atomic E-state index is 11.3. The van der Waals surface area contributed by atoms with Crippen LogP contribution in [0.15, 0.2) is 36.7 Å². The van der Waals surface area contributed by atoms with Gasteiger partial charge >= 0.3 is 0 Å². The molecule has 23 heavy (non-hydrogen) atoms. The predicted octanol–water partition coefficient (Wildman–Crippen LogP) is 1.53. The summed E-state index contributed by atoms with van der Waals surface area (Å²) in [6.45, 7) is 1.45. The van der Waals surface area contributed by atoms with E-state index >= 15 is 0 Å². The lowest BCUT2D eigenvalue weighted by molar-refractivity contribution is -0.0112. The highest BCUT2D eigenvalue weighted by molar-refractivity contribution is 5.92. The van der Waals surface area contributed by atoms with Gasteiger partial charge < -0.3 is 15.8 Å². The third kappa shape index (κ3) is 3.78. The summed E-state index contributed by atoms with van der Waals surface area (Å²) in [5, 5.41) is 7.78. The number of carbonyl (C=O) groups excluding carboxylic acids is 1. The molecule has 1 aliphatic heterocycles. The van der Waals surface area contributed by atoms with E-state index in [4.69, 9.17) is 10.5 Å². The van der Waals surface area contributed by atoms with Crippen molar-refractivity contribution in [3.05, 3.63) is 53.3 Å². The highest BCUT2D eigenvalue weighted by Crippen LogP contribution is 2.28. The molecular formula is C17H22N4O2. The second-order valence-electron chi connectivity index (χ2n) is 5.93. The Hall–Kier alpha value is -2.18. The summed E-state index contributed by atoms with van der Waals surface area (Å²) in [5.41, 5.74) is 8.00. The van der Waals surface area contributed by atoms with Gasteiger partial charge in [-0.3, -0.25) is 9.48 Å². The molecule has 2 atom stereocenters. The zero-order valence-corrected chi connectivity index (χ0v) is 13.2. The Labute approximate surface area is 135 Å². The van der Waals surface area contributed by atoms with Gasteiger partial charge in [0.2, 0.25) is 5.91 Å². The molecule has 1 aromatic carbocycles. The molecule has 6 heteroatoms. The van der Waals surface area contributed by atoms with Crippen molar-refractivity contribution in [1.82, 2.24) is 15.1 Å². The molecule has 3 rings (SSSR count). The zero-order valence-electron chi connectivity index (χ0n) is 13.2. The van der Waals surface area contributed by atoms with Crippen LogP contribution < -0.4 is 11.1 Å². The maximum Gasteiger partial charge on any atom is 0.248 e. The van der Waals surface area contributed by atoms with E-state index in [0.717, 1.165) is 30.6 Å². The molecule has 3 N–H and O–H groups in total. The van der Waals surface area contributed by atoms with Crippen LogP contribution >= 0.6 is 0 Å². The molecule has 2 heterocycles. The van der Waals surface area contributed by atoms with Gasteiger partial charge in [0.05, 0.1) is 6.20 Å². The fourth-order valence-electron chi connectivity index (χ4n) is 2.99. The number of amides is 1. The summed E-state index contributed by atoms with van der Waals surface area (Å²) in [4.78, 5) is 11.3. The Morgan fingerprint density at radius 1 is 1.52 bits per heavy atom. The summed E-state index contributed by atoms with van der Waals surface area (Å²) in [5.74, 6) is -0.402. The topological polar surface area (TPSA) is 82.2 Å². The van der Waals surface area contributed by atoms with Gasteiger partial charge in [-0.2, -0.15) is 5.10 Å². The number of rotatable bonds is 5. The first-order valence-corrected chi connectivity index (χ1v) is 7.86. The molecule has 0 bridgehead atoms. The van der Waals surface area contributed by atoms with Gasteiger partial charge in [0.15, 0.2) is 0 Å². The van der Waals surface area contributed by atoms with Gasteiger partial charge in [-0.1, -0.05) is 12.1 Å². The molecule has 0 aliphatic carbocycles. The van der Waals surface area contributed by atoms with E-state index in [9.17, 15) is 4.79 Å². The highest BCUT2D eigenvalue weighted by atomic mass is 16.5. The van der Waals surface area contributed by atoms with E-state index in [-0.39, 0.29) is 12.1 Å². The Bertz CT molecular complexity index is 683.